The van der Waals surface area contributed by atoms with Crippen molar-refractivity contribution in [1.29, 1.82) is 0 Å². The maximum Gasteiger partial charge on any atom is 0.228 e. The van der Waals surface area contributed by atoms with Gasteiger partial charge < -0.3 is 19.7 Å². The van der Waals surface area contributed by atoms with Gasteiger partial charge in [-0.25, -0.2) is 0 Å². The van der Waals surface area contributed by atoms with Gasteiger partial charge in [-0.2, -0.15) is 0 Å². The number of methoxy groups -OCH3 is 2. The summed E-state index contributed by atoms with van der Waals surface area (Å²) in [5, 5.41) is 3.10. The molecule has 2 aromatic rings. The average Bonchev–Trinajstić information content (AvgIpc) is 3.21. The quantitative estimate of drug-likeness (QED) is 0.589. The van der Waals surface area contributed by atoms with Gasteiger partial charge in [-0.05, 0) is 74.1 Å². The second kappa shape index (κ2) is 10.6. The Balaban J connectivity index is 1.56. The van der Waals surface area contributed by atoms with E-state index in [1.54, 1.807) is 19.1 Å². The van der Waals surface area contributed by atoms with Crippen molar-refractivity contribution >= 4 is 17.5 Å². The van der Waals surface area contributed by atoms with Crippen LogP contribution in [0, 0.1) is 5.92 Å². The van der Waals surface area contributed by atoms with Crippen LogP contribution in [-0.2, 0) is 9.59 Å². The Kier molecular flexibility index (Phi) is 7.33. The first-order chi connectivity index (χ1) is 16.1. The minimum Gasteiger partial charge on any atom is -0.497 e. The second-order valence-electron chi connectivity index (χ2n) is 8.64. The molecule has 2 aliphatic rings. The molecule has 0 saturated carbocycles. The molecule has 6 heteroatoms. The maximum absolute atomic E-state index is 13.3. The highest BCUT2D eigenvalue weighted by Crippen LogP contribution is 2.42. The van der Waals surface area contributed by atoms with Gasteiger partial charge in [0, 0.05) is 18.7 Å². The summed E-state index contributed by atoms with van der Waals surface area (Å²) in [5.74, 6) is 0.861. The molecule has 1 saturated heterocycles. The molecule has 2 unspecified atom stereocenters. The Bertz CT molecular complexity index is 998. The van der Waals surface area contributed by atoms with Crippen LogP contribution in [0.2, 0.25) is 0 Å². The number of benzene rings is 2. The van der Waals surface area contributed by atoms with Gasteiger partial charge in [0.25, 0.3) is 0 Å². The van der Waals surface area contributed by atoms with Crippen LogP contribution in [0.3, 0.4) is 0 Å². The molecule has 1 N–H and O–H groups in total. The minimum absolute atomic E-state index is 0.0591. The van der Waals surface area contributed by atoms with E-state index in [9.17, 15) is 9.59 Å². The summed E-state index contributed by atoms with van der Waals surface area (Å²) < 4.78 is 10.6. The Morgan fingerprint density at radius 3 is 2.27 bits per heavy atom. The Morgan fingerprint density at radius 1 is 1.00 bits per heavy atom. The van der Waals surface area contributed by atoms with E-state index < -0.39 is 5.92 Å². The molecule has 1 aliphatic heterocycles. The monoisotopic (exact) mass is 448 g/mol. The van der Waals surface area contributed by atoms with Crippen molar-refractivity contribution in [3.63, 3.8) is 0 Å². The third-order valence-corrected chi connectivity index (χ3v) is 6.60. The third-order valence-electron chi connectivity index (χ3n) is 6.60. The van der Waals surface area contributed by atoms with Crippen LogP contribution in [0.5, 0.6) is 11.5 Å². The van der Waals surface area contributed by atoms with Crippen molar-refractivity contribution in [2.75, 3.05) is 25.7 Å². The molecule has 2 amide bonds. The van der Waals surface area contributed by atoms with E-state index in [1.165, 1.54) is 18.4 Å². The molecule has 0 radical (unpaired) electrons. The molecule has 1 fully saturated rings. The number of amides is 2. The number of ether oxygens (including phenoxy) is 2. The van der Waals surface area contributed by atoms with Crippen molar-refractivity contribution in [1.82, 2.24) is 5.32 Å². The van der Waals surface area contributed by atoms with Gasteiger partial charge in [0.15, 0.2) is 0 Å². The van der Waals surface area contributed by atoms with Gasteiger partial charge in [0.2, 0.25) is 11.8 Å². The van der Waals surface area contributed by atoms with Crippen molar-refractivity contribution in [3.8, 4) is 11.5 Å². The Morgan fingerprint density at radius 2 is 1.67 bits per heavy atom. The van der Waals surface area contributed by atoms with Crippen LogP contribution < -0.4 is 19.7 Å². The minimum atomic E-state index is -0.465. The molecule has 2 aromatic carbocycles. The van der Waals surface area contributed by atoms with E-state index >= 15 is 0 Å². The fourth-order valence-corrected chi connectivity index (χ4v) is 4.81. The molecule has 6 nitrogen and oxygen atoms in total. The van der Waals surface area contributed by atoms with Gasteiger partial charge in [-0.1, -0.05) is 23.8 Å². The van der Waals surface area contributed by atoms with Gasteiger partial charge >= 0.3 is 0 Å². The Labute approximate surface area is 195 Å². The third kappa shape index (κ3) is 5.21. The number of hydrogen-bond acceptors (Lipinski definition) is 4. The van der Waals surface area contributed by atoms with Gasteiger partial charge in [-0.15, -0.1) is 0 Å². The van der Waals surface area contributed by atoms with E-state index in [4.69, 9.17) is 9.47 Å². The number of carbonyl (C=O) groups excluding carboxylic acids is 2. The summed E-state index contributed by atoms with van der Waals surface area (Å²) >= 11 is 0. The first kappa shape index (κ1) is 22.9. The topological polar surface area (TPSA) is 67.9 Å². The SMILES string of the molecule is COc1ccc(C2C(C(=O)NCCC3=CCCCC3)CC(=O)N2c2ccc(OC)cc2)cc1. The molecule has 2 atom stereocenters. The first-order valence-corrected chi connectivity index (χ1v) is 11.7. The van der Waals surface area contributed by atoms with E-state index in [-0.39, 0.29) is 24.3 Å². The van der Waals surface area contributed by atoms with Crippen molar-refractivity contribution in [2.24, 2.45) is 5.92 Å². The lowest BCUT2D eigenvalue weighted by molar-refractivity contribution is -0.126. The van der Waals surface area contributed by atoms with Gasteiger partial charge in [0.05, 0.1) is 26.2 Å². The van der Waals surface area contributed by atoms with E-state index in [0.29, 0.717) is 6.54 Å². The van der Waals surface area contributed by atoms with Gasteiger partial charge in [0.1, 0.15) is 11.5 Å². The molecular formula is C27H32N2O4. The Hall–Kier alpha value is -3.28. The largest absolute Gasteiger partial charge is 0.497 e. The number of hydrogen-bond donors (Lipinski definition) is 1. The van der Waals surface area contributed by atoms with Crippen molar-refractivity contribution < 1.29 is 19.1 Å². The highest BCUT2D eigenvalue weighted by molar-refractivity contribution is 6.01. The summed E-state index contributed by atoms with van der Waals surface area (Å²) in [5.41, 5.74) is 3.09. The fourth-order valence-electron chi connectivity index (χ4n) is 4.81. The summed E-state index contributed by atoms with van der Waals surface area (Å²) in [6.45, 7) is 0.604. The molecule has 1 heterocycles. The molecule has 0 aromatic heterocycles. The van der Waals surface area contributed by atoms with E-state index in [2.05, 4.69) is 11.4 Å². The molecule has 1 aliphatic carbocycles. The zero-order valence-corrected chi connectivity index (χ0v) is 19.4. The van der Waals surface area contributed by atoms with Crippen LogP contribution in [0.4, 0.5) is 5.69 Å². The van der Waals surface area contributed by atoms with Crippen LogP contribution in [0.1, 0.15) is 50.1 Å². The summed E-state index contributed by atoms with van der Waals surface area (Å²) in [7, 11) is 3.23. The molecule has 0 bridgehead atoms. The average molecular weight is 449 g/mol. The molecular weight excluding hydrogens is 416 g/mol. The predicted molar refractivity (Wildman–Crippen MR) is 128 cm³/mol. The maximum atomic E-state index is 13.3. The molecule has 4 rings (SSSR count). The smallest absolute Gasteiger partial charge is 0.228 e. The summed E-state index contributed by atoms with van der Waals surface area (Å²) in [4.78, 5) is 28.2. The number of nitrogens with one attached hydrogen (secondary N) is 1. The molecule has 0 spiro atoms. The van der Waals surface area contributed by atoms with Crippen molar-refractivity contribution in [2.45, 2.75) is 44.6 Å². The highest BCUT2D eigenvalue weighted by atomic mass is 16.5. The zero-order chi connectivity index (χ0) is 23.2. The van der Waals surface area contributed by atoms with E-state index in [0.717, 1.165) is 42.0 Å². The standard InChI is InChI=1S/C27H32N2O4/c1-32-22-12-8-20(9-13-22)26-24(27(31)28-17-16-19-6-4-3-5-7-19)18-25(30)29(26)21-10-14-23(33-2)15-11-21/h6,8-15,24,26H,3-5,7,16-18H2,1-2H3,(H,28,31). The number of allylic oxidation sites excluding steroid dienone is 1. The summed E-state index contributed by atoms with van der Waals surface area (Å²) in [6, 6.07) is 14.6. The normalized spacial score (nSPS) is 20.4. The lowest BCUT2D eigenvalue weighted by atomic mass is 9.92. The van der Waals surface area contributed by atoms with Crippen LogP contribution in [0.15, 0.2) is 60.2 Å². The number of rotatable bonds is 8. The lowest BCUT2D eigenvalue weighted by Crippen LogP contribution is -2.36. The molecule has 174 valence electrons. The van der Waals surface area contributed by atoms with Crippen LogP contribution in [0.25, 0.3) is 0 Å². The van der Waals surface area contributed by atoms with Crippen LogP contribution >= 0.6 is 0 Å². The number of anilines is 1. The van der Waals surface area contributed by atoms with Crippen molar-refractivity contribution in [3.05, 3.63) is 65.7 Å². The predicted octanol–water partition coefficient (Wildman–Crippen LogP) is 4.80. The first-order valence-electron chi connectivity index (χ1n) is 11.7. The fraction of sp³-hybridized carbons (Fsp3) is 0.407. The number of carbonyl (C=O) groups is 2. The molecule has 33 heavy (non-hydrogen) atoms. The number of nitrogens with zero attached hydrogens (tertiary/aromatic N) is 1. The highest BCUT2D eigenvalue weighted by Gasteiger charge is 2.45. The van der Waals surface area contributed by atoms with E-state index in [1.807, 2.05) is 48.5 Å². The summed E-state index contributed by atoms with van der Waals surface area (Å²) in [6.07, 6.45) is 8.10. The van der Waals surface area contributed by atoms with Crippen LogP contribution in [-0.4, -0.2) is 32.6 Å². The lowest BCUT2D eigenvalue weighted by Gasteiger charge is -2.28. The zero-order valence-electron chi connectivity index (χ0n) is 19.4. The van der Waals surface area contributed by atoms with Gasteiger partial charge in [-0.3, -0.25) is 9.59 Å². The second-order valence-corrected chi connectivity index (χ2v) is 8.64.